The number of nitrogens with zero attached hydrogens (tertiary/aromatic N) is 3. The van der Waals surface area contributed by atoms with E-state index in [1.807, 2.05) is 30.8 Å². The Kier molecular flexibility index (Phi) is 5.41. The molecule has 6 heteroatoms. The van der Waals surface area contributed by atoms with Gasteiger partial charge < -0.3 is 0 Å². The van der Waals surface area contributed by atoms with Gasteiger partial charge in [0.25, 0.3) is 0 Å². The quantitative estimate of drug-likeness (QED) is 0.437. The minimum atomic E-state index is 0.185. The summed E-state index contributed by atoms with van der Waals surface area (Å²) in [5.74, 6) is 0.185. The Morgan fingerprint density at radius 1 is 1.00 bits per heavy atom. The van der Waals surface area contributed by atoms with Crippen LogP contribution < -0.4 is 0 Å². The first kappa shape index (κ1) is 18.7. The van der Waals surface area contributed by atoms with Crippen LogP contribution in [0.5, 0.6) is 0 Å². The Labute approximate surface area is 172 Å². The molecule has 0 spiro atoms. The zero-order chi connectivity index (χ0) is 19.5. The topological polar surface area (TPSA) is 55.7 Å². The molecule has 4 rings (SSSR count). The van der Waals surface area contributed by atoms with Crippen molar-refractivity contribution in [3.05, 3.63) is 75.9 Å². The molecule has 0 saturated carbocycles. The lowest BCUT2D eigenvalue weighted by atomic mass is 9.96. The van der Waals surface area contributed by atoms with Crippen LogP contribution in [0.4, 0.5) is 0 Å². The number of thiazole rings is 1. The van der Waals surface area contributed by atoms with Crippen molar-refractivity contribution in [2.45, 2.75) is 26.7 Å². The number of aryl methyl sites for hydroxylation is 2. The van der Waals surface area contributed by atoms with Crippen molar-refractivity contribution in [3.63, 3.8) is 0 Å². The number of hydrogen-bond acceptors (Lipinski definition) is 6. The summed E-state index contributed by atoms with van der Waals surface area (Å²) in [5.41, 5.74) is 8.49. The van der Waals surface area contributed by atoms with Crippen molar-refractivity contribution in [1.82, 2.24) is 14.6 Å². The maximum atomic E-state index is 12.4. The van der Waals surface area contributed by atoms with E-state index in [0.29, 0.717) is 12.8 Å². The second-order valence-electron chi connectivity index (χ2n) is 6.77. The standard InChI is InChI=1S/C22H19N3OS2/c1-14-3-6-18(22-12-23-13-27-22)10-20(14)17-7-4-16(5-8-17)9-19(26)11-21-15(2)24-25-28-21/h3-8,10,12-13H,9,11H2,1-2H3. The van der Waals surface area contributed by atoms with Crippen LogP contribution >= 0.6 is 22.9 Å². The van der Waals surface area contributed by atoms with Gasteiger partial charge in [-0.2, -0.15) is 0 Å². The number of hydrogen-bond donors (Lipinski definition) is 0. The molecule has 0 saturated heterocycles. The minimum Gasteiger partial charge on any atom is -0.299 e. The van der Waals surface area contributed by atoms with Gasteiger partial charge in [0.2, 0.25) is 0 Å². The van der Waals surface area contributed by atoms with Crippen molar-refractivity contribution in [3.8, 4) is 21.6 Å². The molecule has 2 aromatic heterocycles. The molecule has 0 fully saturated rings. The van der Waals surface area contributed by atoms with E-state index < -0.39 is 0 Å². The third kappa shape index (κ3) is 4.08. The Morgan fingerprint density at radius 3 is 2.46 bits per heavy atom. The van der Waals surface area contributed by atoms with Crippen LogP contribution in [-0.2, 0) is 17.6 Å². The summed E-state index contributed by atoms with van der Waals surface area (Å²) in [6.45, 7) is 4.01. The summed E-state index contributed by atoms with van der Waals surface area (Å²) in [6, 6.07) is 14.8. The fourth-order valence-electron chi connectivity index (χ4n) is 3.13. The Balaban J connectivity index is 1.51. The first-order chi connectivity index (χ1) is 13.6. The van der Waals surface area contributed by atoms with E-state index >= 15 is 0 Å². The highest BCUT2D eigenvalue weighted by Gasteiger charge is 2.11. The SMILES string of the molecule is Cc1ccc(-c2cncs2)cc1-c1ccc(CC(=O)Cc2snnc2C)cc1. The van der Waals surface area contributed by atoms with Gasteiger partial charge in [0.15, 0.2) is 0 Å². The van der Waals surface area contributed by atoms with Gasteiger partial charge in [0.1, 0.15) is 5.78 Å². The van der Waals surface area contributed by atoms with Gasteiger partial charge in [-0.15, -0.1) is 16.4 Å². The highest BCUT2D eigenvalue weighted by atomic mass is 32.1. The van der Waals surface area contributed by atoms with Crippen LogP contribution in [0.3, 0.4) is 0 Å². The molecule has 0 aliphatic rings. The molecule has 2 aromatic carbocycles. The zero-order valence-electron chi connectivity index (χ0n) is 15.7. The molecule has 0 amide bonds. The number of carbonyl (C=O) groups is 1. The number of aromatic nitrogens is 3. The lowest BCUT2D eigenvalue weighted by molar-refractivity contribution is -0.117. The minimum absolute atomic E-state index is 0.185. The number of ketones is 1. The van der Waals surface area contributed by atoms with E-state index in [-0.39, 0.29) is 5.78 Å². The van der Waals surface area contributed by atoms with Gasteiger partial charge in [-0.05, 0) is 59.3 Å². The summed E-state index contributed by atoms with van der Waals surface area (Å²) in [5, 5.41) is 3.97. The number of carbonyl (C=O) groups excluding carboxylic acids is 1. The van der Waals surface area contributed by atoms with Crippen molar-refractivity contribution < 1.29 is 4.79 Å². The molecule has 28 heavy (non-hydrogen) atoms. The molecule has 0 atom stereocenters. The monoisotopic (exact) mass is 405 g/mol. The fraction of sp³-hybridized carbons (Fsp3) is 0.182. The van der Waals surface area contributed by atoms with Crippen molar-refractivity contribution in [1.29, 1.82) is 0 Å². The van der Waals surface area contributed by atoms with Crippen LogP contribution in [0.2, 0.25) is 0 Å². The summed E-state index contributed by atoms with van der Waals surface area (Å²) in [7, 11) is 0. The molecule has 4 nitrogen and oxygen atoms in total. The van der Waals surface area contributed by atoms with Crippen LogP contribution in [0.1, 0.15) is 21.7 Å². The molecule has 140 valence electrons. The predicted molar refractivity (Wildman–Crippen MR) is 115 cm³/mol. The van der Waals surface area contributed by atoms with Crippen molar-refractivity contribution >= 4 is 28.7 Å². The Hall–Kier alpha value is -2.70. The van der Waals surface area contributed by atoms with Crippen molar-refractivity contribution in [2.24, 2.45) is 0 Å². The van der Waals surface area contributed by atoms with Gasteiger partial charge in [0.05, 0.1) is 21.0 Å². The van der Waals surface area contributed by atoms with Crippen LogP contribution in [0.25, 0.3) is 21.6 Å². The van der Waals surface area contributed by atoms with Gasteiger partial charge in [-0.3, -0.25) is 9.78 Å². The summed E-state index contributed by atoms with van der Waals surface area (Å²) in [4.78, 5) is 18.7. The molecular formula is C22H19N3OS2. The summed E-state index contributed by atoms with van der Waals surface area (Å²) < 4.78 is 3.90. The lowest BCUT2D eigenvalue weighted by Crippen LogP contribution is -2.06. The lowest BCUT2D eigenvalue weighted by Gasteiger charge is -2.09. The number of Topliss-reactive ketones (excluding diaryl/α,β-unsaturated/α-hetero) is 1. The first-order valence-corrected chi connectivity index (χ1v) is 10.6. The molecule has 0 unspecified atom stereocenters. The van der Waals surface area contributed by atoms with Crippen LogP contribution in [0.15, 0.2) is 54.2 Å². The third-order valence-corrected chi connectivity index (χ3v) is 6.37. The summed E-state index contributed by atoms with van der Waals surface area (Å²) in [6.07, 6.45) is 2.73. The zero-order valence-corrected chi connectivity index (χ0v) is 17.3. The fourth-order valence-corrected chi connectivity index (χ4v) is 4.41. The molecule has 0 radical (unpaired) electrons. The highest BCUT2D eigenvalue weighted by molar-refractivity contribution is 7.13. The molecule has 2 heterocycles. The van der Waals surface area contributed by atoms with Crippen molar-refractivity contribution in [2.75, 3.05) is 0 Å². The molecule has 0 bridgehead atoms. The van der Waals surface area contributed by atoms with Crippen LogP contribution in [0, 0.1) is 13.8 Å². The third-order valence-electron chi connectivity index (χ3n) is 4.72. The highest BCUT2D eigenvalue weighted by Crippen LogP contribution is 2.31. The average Bonchev–Trinajstić information content (AvgIpc) is 3.36. The van der Waals surface area contributed by atoms with E-state index in [1.54, 1.807) is 11.3 Å². The molecule has 0 N–H and O–H groups in total. The molecular weight excluding hydrogens is 386 g/mol. The van der Waals surface area contributed by atoms with E-state index in [9.17, 15) is 4.79 Å². The van der Waals surface area contributed by atoms with E-state index in [1.165, 1.54) is 28.2 Å². The second-order valence-corrected chi connectivity index (χ2v) is 8.49. The smallest absolute Gasteiger partial charge is 0.142 e. The van der Waals surface area contributed by atoms with E-state index in [2.05, 4.69) is 51.8 Å². The average molecular weight is 406 g/mol. The summed E-state index contributed by atoms with van der Waals surface area (Å²) >= 11 is 2.94. The maximum absolute atomic E-state index is 12.4. The maximum Gasteiger partial charge on any atom is 0.142 e. The largest absolute Gasteiger partial charge is 0.299 e. The van der Waals surface area contributed by atoms with Crippen LogP contribution in [-0.4, -0.2) is 20.4 Å². The van der Waals surface area contributed by atoms with Gasteiger partial charge >= 0.3 is 0 Å². The Bertz CT molecular complexity index is 1100. The first-order valence-electron chi connectivity index (χ1n) is 8.98. The predicted octanol–water partition coefficient (Wildman–Crippen LogP) is 5.30. The Morgan fingerprint density at radius 2 is 1.79 bits per heavy atom. The number of benzene rings is 2. The van der Waals surface area contributed by atoms with Gasteiger partial charge in [0, 0.05) is 19.0 Å². The van der Waals surface area contributed by atoms with Gasteiger partial charge in [-0.1, -0.05) is 40.9 Å². The molecule has 0 aliphatic carbocycles. The van der Waals surface area contributed by atoms with E-state index in [0.717, 1.165) is 26.6 Å². The normalized spacial score (nSPS) is 10.9. The van der Waals surface area contributed by atoms with E-state index in [4.69, 9.17) is 0 Å². The molecule has 0 aliphatic heterocycles. The van der Waals surface area contributed by atoms with Gasteiger partial charge in [-0.25, -0.2) is 0 Å². The number of rotatable bonds is 6. The molecule has 4 aromatic rings. The second kappa shape index (κ2) is 8.12.